The van der Waals surface area contributed by atoms with Crippen LogP contribution in [0.3, 0.4) is 0 Å². The lowest BCUT2D eigenvalue weighted by Crippen LogP contribution is -2.31. The number of hydrogen-bond donors (Lipinski definition) is 1. The number of benzene rings is 1. The van der Waals surface area contributed by atoms with E-state index < -0.39 is 0 Å². The number of halogens is 1. The third-order valence-corrected chi connectivity index (χ3v) is 2.72. The minimum atomic E-state index is 0. The van der Waals surface area contributed by atoms with E-state index in [-0.39, 0.29) is 24.6 Å². The summed E-state index contributed by atoms with van der Waals surface area (Å²) < 4.78 is 5.13. The van der Waals surface area contributed by atoms with Crippen LogP contribution in [0.15, 0.2) is 35.9 Å². The SMILES string of the molecule is COc1ccc(C2ONC(C)C=C2C)cc1.Cl. The summed E-state index contributed by atoms with van der Waals surface area (Å²) in [5.74, 6) is 0.863. The van der Waals surface area contributed by atoms with Crippen molar-refractivity contribution in [3.8, 4) is 5.75 Å². The fourth-order valence-corrected chi connectivity index (χ4v) is 1.89. The van der Waals surface area contributed by atoms with Crippen molar-refractivity contribution >= 4 is 12.4 Å². The molecule has 0 amide bonds. The molecule has 4 heteroatoms. The van der Waals surface area contributed by atoms with Crippen molar-refractivity contribution in [2.45, 2.75) is 26.0 Å². The van der Waals surface area contributed by atoms with E-state index in [2.05, 4.69) is 25.4 Å². The van der Waals surface area contributed by atoms with E-state index in [4.69, 9.17) is 9.57 Å². The number of hydroxylamine groups is 1. The summed E-state index contributed by atoms with van der Waals surface area (Å²) in [4.78, 5) is 5.60. The van der Waals surface area contributed by atoms with Gasteiger partial charge in [-0.2, -0.15) is 5.48 Å². The van der Waals surface area contributed by atoms with Crippen LogP contribution in [-0.4, -0.2) is 13.2 Å². The first kappa shape index (κ1) is 14.0. The molecule has 0 saturated carbocycles. The average molecular weight is 256 g/mol. The fourth-order valence-electron chi connectivity index (χ4n) is 1.89. The Morgan fingerprint density at radius 3 is 2.41 bits per heavy atom. The summed E-state index contributed by atoms with van der Waals surface area (Å²) in [6.07, 6.45) is 2.18. The van der Waals surface area contributed by atoms with Gasteiger partial charge in [-0.3, -0.25) is 4.84 Å². The predicted octanol–water partition coefficient (Wildman–Crippen LogP) is 3.03. The highest BCUT2D eigenvalue weighted by molar-refractivity contribution is 5.85. The maximum Gasteiger partial charge on any atom is 0.125 e. The van der Waals surface area contributed by atoms with Gasteiger partial charge in [0.2, 0.25) is 0 Å². The summed E-state index contributed by atoms with van der Waals surface area (Å²) in [7, 11) is 1.67. The third-order valence-electron chi connectivity index (χ3n) is 2.72. The Labute approximate surface area is 108 Å². The molecule has 2 atom stereocenters. The van der Waals surface area contributed by atoms with E-state index in [1.165, 1.54) is 5.57 Å². The molecular weight excluding hydrogens is 238 g/mol. The van der Waals surface area contributed by atoms with Crippen LogP contribution in [0, 0.1) is 0 Å². The highest BCUT2D eigenvalue weighted by atomic mass is 35.5. The fraction of sp³-hybridized carbons (Fsp3) is 0.385. The highest BCUT2D eigenvalue weighted by Crippen LogP contribution is 2.28. The molecule has 0 aromatic heterocycles. The normalized spacial score (nSPS) is 23.6. The van der Waals surface area contributed by atoms with Gasteiger partial charge in [0.15, 0.2) is 0 Å². The van der Waals surface area contributed by atoms with Crippen LogP contribution in [0.4, 0.5) is 0 Å². The van der Waals surface area contributed by atoms with Crippen molar-refractivity contribution in [1.29, 1.82) is 0 Å². The first-order chi connectivity index (χ1) is 7.70. The van der Waals surface area contributed by atoms with E-state index in [1.807, 2.05) is 24.3 Å². The standard InChI is InChI=1S/C13H17NO2.ClH/c1-9-8-10(2)14-16-13(9)11-4-6-12(15-3)7-5-11;/h4-8,10,13-14H,1-3H3;1H. The molecule has 1 N–H and O–H groups in total. The Bertz CT molecular complexity index is 389. The molecule has 3 nitrogen and oxygen atoms in total. The first-order valence-electron chi connectivity index (χ1n) is 5.44. The monoisotopic (exact) mass is 255 g/mol. The minimum Gasteiger partial charge on any atom is -0.497 e. The predicted molar refractivity (Wildman–Crippen MR) is 70.4 cm³/mol. The van der Waals surface area contributed by atoms with Crippen LogP contribution in [0.25, 0.3) is 0 Å². The number of nitrogens with one attached hydrogen (secondary N) is 1. The molecule has 0 spiro atoms. The van der Waals surface area contributed by atoms with Gasteiger partial charge in [0, 0.05) is 6.04 Å². The summed E-state index contributed by atoms with van der Waals surface area (Å²) in [6.45, 7) is 4.15. The zero-order valence-corrected chi connectivity index (χ0v) is 11.1. The summed E-state index contributed by atoms with van der Waals surface area (Å²) in [6, 6.07) is 8.22. The summed E-state index contributed by atoms with van der Waals surface area (Å²) in [5.41, 5.74) is 5.35. The molecule has 2 rings (SSSR count). The topological polar surface area (TPSA) is 30.5 Å². The number of ether oxygens (including phenoxy) is 1. The van der Waals surface area contributed by atoms with Gasteiger partial charge in [0.05, 0.1) is 7.11 Å². The van der Waals surface area contributed by atoms with Crippen LogP contribution in [0.1, 0.15) is 25.5 Å². The van der Waals surface area contributed by atoms with Gasteiger partial charge < -0.3 is 4.74 Å². The molecule has 1 aromatic rings. The Kier molecular flexibility index (Phi) is 5.00. The molecular formula is C13H18ClNO2. The smallest absolute Gasteiger partial charge is 0.125 e. The van der Waals surface area contributed by atoms with Gasteiger partial charge in [-0.15, -0.1) is 12.4 Å². The highest BCUT2D eigenvalue weighted by Gasteiger charge is 2.20. The zero-order valence-electron chi connectivity index (χ0n) is 10.3. The maximum atomic E-state index is 5.60. The molecule has 0 bridgehead atoms. The average Bonchev–Trinajstić information content (AvgIpc) is 2.29. The van der Waals surface area contributed by atoms with Gasteiger partial charge in [0.25, 0.3) is 0 Å². The molecule has 1 aromatic carbocycles. The van der Waals surface area contributed by atoms with Crippen molar-refractivity contribution in [2.75, 3.05) is 7.11 Å². The van der Waals surface area contributed by atoms with E-state index in [1.54, 1.807) is 7.11 Å². The minimum absolute atomic E-state index is 0. The second kappa shape index (κ2) is 6.05. The van der Waals surface area contributed by atoms with Crippen LogP contribution >= 0.6 is 12.4 Å². The van der Waals surface area contributed by atoms with Gasteiger partial charge >= 0.3 is 0 Å². The molecule has 1 aliphatic heterocycles. The van der Waals surface area contributed by atoms with E-state index in [9.17, 15) is 0 Å². The van der Waals surface area contributed by atoms with Crippen LogP contribution in [-0.2, 0) is 4.84 Å². The lowest BCUT2D eigenvalue weighted by molar-refractivity contribution is -0.0275. The van der Waals surface area contributed by atoms with Crippen LogP contribution in [0.5, 0.6) is 5.75 Å². The van der Waals surface area contributed by atoms with Gasteiger partial charge in [-0.1, -0.05) is 18.2 Å². The van der Waals surface area contributed by atoms with Crippen molar-refractivity contribution in [2.24, 2.45) is 0 Å². The molecule has 1 aliphatic rings. The van der Waals surface area contributed by atoms with E-state index >= 15 is 0 Å². The Morgan fingerprint density at radius 2 is 1.88 bits per heavy atom. The Balaban J connectivity index is 0.00000144. The second-order valence-corrected chi connectivity index (χ2v) is 4.09. The number of methoxy groups -OCH3 is 1. The van der Waals surface area contributed by atoms with Crippen LogP contribution in [0.2, 0.25) is 0 Å². The van der Waals surface area contributed by atoms with Crippen molar-refractivity contribution in [3.63, 3.8) is 0 Å². The van der Waals surface area contributed by atoms with E-state index in [0.29, 0.717) is 0 Å². The molecule has 94 valence electrons. The zero-order chi connectivity index (χ0) is 11.5. The van der Waals surface area contributed by atoms with Crippen molar-refractivity contribution in [1.82, 2.24) is 5.48 Å². The maximum absolute atomic E-state index is 5.60. The molecule has 0 fully saturated rings. The molecule has 17 heavy (non-hydrogen) atoms. The van der Waals surface area contributed by atoms with Crippen LogP contribution < -0.4 is 10.2 Å². The quantitative estimate of drug-likeness (QED) is 0.824. The first-order valence-corrected chi connectivity index (χ1v) is 5.44. The number of hydrogen-bond acceptors (Lipinski definition) is 3. The molecule has 2 unspecified atom stereocenters. The van der Waals surface area contributed by atoms with Gasteiger partial charge in [0.1, 0.15) is 11.9 Å². The van der Waals surface area contributed by atoms with Crippen molar-refractivity contribution in [3.05, 3.63) is 41.5 Å². The van der Waals surface area contributed by atoms with Crippen molar-refractivity contribution < 1.29 is 9.57 Å². The largest absolute Gasteiger partial charge is 0.497 e. The lowest BCUT2D eigenvalue weighted by atomic mass is 10.00. The summed E-state index contributed by atoms with van der Waals surface area (Å²) in [5, 5.41) is 0. The molecule has 0 radical (unpaired) electrons. The van der Waals surface area contributed by atoms with Gasteiger partial charge in [-0.25, -0.2) is 0 Å². The van der Waals surface area contributed by atoms with E-state index in [0.717, 1.165) is 11.3 Å². The lowest BCUT2D eigenvalue weighted by Gasteiger charge is -2.26. The summed E-state index contributed by atoms with van der Waals surface area (Å²) >= 11 is 0. The third kappa shape index (κ3) is 3.22. The molecule has 1 heterocycles. The Morgan fingerprint density at radius 1 is 1.24 bits per heavy atom. The molecule has 0 saturated heterocycles. The molecule has 0 aliphatic carbocycles. The number of rotatable bonds is 2. The Hall–Kier alpha value is -1.03. The second-order valence-electron chi connectivity index (χ2n) is 4.09. The van der Waals surface area contributed by atoms with Gasteiger partial charge in [-0.05, 0) is 37.1 Å².